The largest absolute Gasteiger partial charge is 0.372 e. The number of nitrogens with zero attached hydrogens (tertiary/aromatic N) is 1. The zero-order valence-corrected chi connectivity index (χ0v) is 13.7. The molecule has 1 aromatic rings. The zero-order chi connectivity index (χ0) is 16.2. The number of hydrogen-bond donors (Lipinski definition) is 1. The SMILES string of the molecule is COC(C)C(=O)N1CCCC(NS(=O)(=O)c2ccccc2)C1. The maximum absolute atomic E-state index is 12.3. The maximum atomic E-state index is 12.3. The van der Waals surface area contributed by atoms with Gasteiger partial charge in [-0.25, -0.2) is 13.1 Å². The molecule has 1 aliphatic heterocycles. The van der Waals surface area contributed by atoms with Gasteiger partial charge in [0, 0.05) is 26.2 Å². The number of carbonyl (C=O) groups is 1. The van der Waals surface area contributed by atoms with E-state index in [9.17, 15) is 13.2 Å². The number of benzene rings is 1. The number of ether oxygens (including phenoxy) is 1. The van der Waals surface area contributed by atoms with Gasteiger partial charge in [0.25, 0.3) is 5.91 Å². The summed E-state index contributed by atoms with van der Waals surface area (Å²) in [5.74, 6) is -0.105. The molecular weight excluding hydrogens is 304 g/mol. The van der Waals surface area contributed by atoms with Crippen molar-refractivity contribution in [1.29, 1.82) is 0 Å². The van der Waals surface area contributed by atoms with Gasteiger partial charge < -0.3 is 9.64 Å². The second kappa shape index (κ2) is 7.21. The van der Waals surface area contributed by atoms with E-state index in [1.165, 1.54) is 7.11 Å². The Morgan fingerprint density at radius 1 is 1.36 bits per heavy atom. The van der Waals surface area contributed by atoms with Gasteiger partial charge in [-0.05, 0) is 31.9 Å². The molecule has 1 heterocycles. The fourth-order valence-electron chi connectivity index (χ4n) is 2.52. The van der Waals surface area contributed by atoms with Gasteiger partial charge >= 0.3 is 0 Å². The van der Waals surface area contributed by atoms with Crippen molar-refractivity contribution >= 4 is 15.9 Å². The van der Waals surface area contributed by atoms with Crippen LogP contribution in [0, 0.1) is 0 Å². The van der Waals surface area contributed by atoms with Crippen molar-refractivity contribution in [1.82, 2.24) is 9.62 Å². The lowest BCUT2D eigenvalue weighted by Crippen LogP contribution is -2.51. The van der Waals surface area contributed by atoms with E-state index in [4.69, 9.17) is 4.74 Å². The number of hydrogen-bond acceptors (Lipinski definition) is 4. The molecular formula is C15H22N2O4S. The topological polar surface area (TPSA) is 75.7 Å². The second-order valence-electron chi connectivity index (χ2n) is 5.44. The molecule has 0 bridgehead atoms. The Morgan fingerprint density at radius 3 is 2.68 bits per heavy atom. The number of amides is 1. The fourth-order valence-corrected chi connectivity index (χ4v) is 3.80. The lowest BCUT2D eigenvalue weighted by molar-refractivity contribution is -0.142. The normalized spacial score (nSPS) is 20.6. The van der Waals surface area contributed by atoms with Gasteiger partial charge in [-0.15, -0.1) is 0 Å². The standard InChI is InChI=1S/C15H22N2O4S/c1-12(21-2)15(18)17-10-6-7-13(11-17)16-22(19,20)14-8-4-3-5-9-14/h3-5,8-9,12-13,16H,6-7,10-11H2,1-2H3. The Kier molecular flexibility index (Phi) is 5.55. The molecule has 0 radical (unpaired) electrons. The summed E-state index contributed by atoms with van der Waals surface area (Å²) in [4.78, 5) is 14.0. The lowest BCUT2D eigenvalue weighted by atomic mass is 10.1. The zero-order valence-electron chi connectivity index (χ0n) is 12.9. The highest BCUT2D eigenvalue weighted by Gasteiger charge is 2.29. The number of methoxy groups -OCH3 is 1. The predicted molar refractivity (Wildman–Crippen MR) is 82.8 cm³/mol. The van der Waals surface area contributed by atoms with Crippen LogP contribution in [0.25, 0.3) is 0 Å². The summed E-state index contributed by atoms with van der Waals surface area (Å²) >= 11 is 0. The van der Waals surface area contributed by atoms with E-state index < -0.39 is 16.1 Å². The van der Waals surface area contributed by atoms with E-state index in [2.05, 4.69) is 4.72 Å². The van der Waals surface area contributed by atoms with Gasteiger partial charge in [-0.3, -0.25) is 4.79 Å². The number of likely N-dealkylation sites (tertiary alicyclic amines) is 1. The molecule has 7 heteroatoms. The number of sulfonamides is 1. The molecule has 6 nitrogen and oxygen atoms in total. The van der Waals surface area contributed by atoms with Gasteiger partial charge in [0.15, 0.2) is 0 Å². The first-order chi connectivity index (χ1) is 10.4. The summed E-state index contributed by atoms with van der Waals surface area (Å²) < 4.78 is 32.4. The quantitative estimate of drug-likeness (QED) is 0.875. The molecule has 1 amide bonds. The van der Waals surface area contributed by atoms with E-state index in [1.54, 1.807) is 42.2 Å². The summed E-state index contributed by atoms with van der Waals surface area (Å²) in [5, 5.41) is 0. The van der Waals surface area contributed by atoms with E-state index in [0.717, 1.165) is 12.8 Å². The minimum atomic E-state index is -3.55. The van der Waals surface area contributed by atoms with Gasteiger partial charge in [0.05, 0.1) is 4.90 Å². The molecule has 1 fully saturated rings. The Labute approximate surface area is 131 Å². The molecule has 1 saturated heterocycles. The molecule has 0 saturated carbocycles. The Bertz CT molecular complexity index is 603. The number of piperidine rings is 1. The van der Waals surface area contributed by atoms with Crippen molar-refractivity contribution in [2.24, 2.45) is 0 Å². The van der Waals surface area contributed by atoms with E-state index >= 15 is 0 Å². The average molecular weight is 326 g/mol. The van der Waals surface area contributed by atoms with Crippen LogP contribution in [0.1, 0.15) is 19.8 Å². The molecule has 0 aromatic heterocycles. The van der Waals surface area contributed by atoms with E-state index in [-0.39, 0.29) is 16.8 Å². The van der Waals surface area contributed by atoms with Crippen molar-refractivity contribution < 1.29 is 17.9 Å². The molecule has 2 unspecified atom stereocenters. The molecule has 2 rings (SSSR count). The molecule has 2 atom stereocenters. The van der Waals surface area contributed by atoms with Gasteiger partial charge in [0.1, 0.15) is 6.10 Å². The first kappa shape index (κ1) is 16.9. The molecule has 1 aromatic carbocycles. The molecule has 122 valence electrons. The smallest absolute Gasteiger partial charge is 0.251 e. The third kappa shape index (κ3) is 4.06. The van der Waals surface area contributed by atoms with Gasteiger partial charge in [-0.1, -0.05) is 18.2 Å². The summed E-state index contributed by atoms with van der Waals surface area (Å²) in [6.45, 7) is 2.70. The minimum absolute atomic E-state index is 0.105. The van der Waals surface area contributed by atoms with Crippen LogP contribution in [-0.2, 0) is 19.6 Å². The van der Waals surface area contributed by atoms with Crippen LogP contribution >= 0.6 is 0 Å². The molecule has 1 N–H and O–H groups in total. The Hall–Kier alpha value is -1.44. The number of nitrogens with one attached hydrogen (secondary N) is 1. The van der Waals surface area contributed by atoms with Crippen molar-refractivity contribution in [3.05, 3.63) is 30.3 Å². The van der Waals surface area contributed by atoms with Crippen LogP contribution in [0.2, 0.25) is 0 Å². The molecule has 1 aliphatic rings. The molecule has 0 aliphatic carbocycles. The summed E-state index contributed by atoms with van der Waals surface area (Å²) in [5.41, 5.74) is 0. The highest BCUT2D eigenvalue weighted by Crippen LogP contribution is 2.15. The first-order valence-corrected chi connectivity index (χ1v) is 8.81. The Morgan fingerprint density at radius 2 is 2.05 bits per heavy atom. The van der Waals surface area contributed by atoms with E-state index in [0.29, 0.717) is 13.1 Å². The number of carbonyl (C=O) groups excluding carboxylic acids is 1. The summed E-state index contributed by atoms with van der Waals surface area (Å²) in [7, 11) is -2.07. The van der Waals surface area contributed by atoms with Crippen LogP contribution in [0.5, 0.6) is 0 Å². The highest BCUT2D eigenvalue weighted by molar-refractivity contribution is 7.89. The van der Waals surface area contributed by atoms with Gasteiger partial charge in [-0.2, -0.15) is 0 Å². The van der Waals surface area contributed by atoms with Crippen molar-refractivity contribution in [3.63, 3.8) is 0 Å². The van der Waals surface area contributed by atoms with Crippen LogP contribution in [-0.4, -0.2) is 51.6 Å². The van der Waals surface area contributed by atoms with Gasteiger partial charge in [0.2, 0.25) is 10.0 Å². The van der Waals surface area contributed by atoms with Crippen LogP contribution in [0.15, 0.2) is 35.2 Å². The van der Waals surface area contributed by atoms with Crippen LogP contribution in [0.3, 0.4) is 0 Å². The minimum Gasteiger partial charge on any atom is -0.372 e. The molecule has 0 spiro atoms. The second-order valence-corrected chi connectivity index (χ2v) is 7.15. The Balaban J connectivity index is 2.03. The number of rotatable bonds is 5. The van der Waals surface area contributed by atoms with Crippen LogP contribution in [0.4, 0.5) is 0 Å². The molecule has 22 heavy (non-hydrogen) atoms. The summed E-state index contributed by atoms with van der Waals surface area (Å²) in [6, 6.07) is 7.98. The highest BCUT2D eigenvalue weighted by atomic mass is 32.2. The van der Waals surface area contributed by atoms with Crippen molar-refractivity contribution in [3.8, 4) is 0 Å². The fraction of sp³-hybridized carbons (Fsp3) is 0.533. The lowest BCUT2D eigenvalue weighted by Gasteiger charge is -2.34. The first-order valence-electron chi connectivity index (χ1n) is 7.33. The third-order valence-corrected chi connectivity index (χ3v) is 5.35. The average Bonchev–Trinajstić information content (AvgIpc) is 2.54. The summed E-state index contributed by atoms with van der Waals surface area (Å²) in [6.07, 6.45) is 0.978. The predicted octanol–water partition coefficient (Wildman–Crippen LogP) is 0.991. The van der Waals surface area contributed by atoms with E-state index in [1.807, 2.05) is 0 Å². The third-order valence-electron chi connectivity index (χ3n) is 3.81. The van der Waals surface area contributed by atoms with Crippen molar-refractivity contribution in [2.75, 3.05) is 20.2 Å². The van der Waals surface area contributed by atoms with Crippen LogP contribution < -0.4 is 4.72 Å². The van der Waals surface area contributed by atoms with Crippen molar-refractivity contribution in [2.45, 2.75) is 36.8 Å². The maximum Gasteiger partial charge on any atom is 0.251 e. The monoisotopic (exact) mass is 326 g/mol.